The lowest BCUT2D eigenvalue weighted by molar-refractivity contribution is 0.415. The van der Waals surface area contributed by atoms with Crippen LogP contribution in [0.1, 0.15) is 0 Å². The van der Waals surface area contributed by atoms with E-state index in [9.17, 15) is 0 Å². The summed E-state index contributed by atoms with van der Waals surface area (Å²) in [6.07, 6.45) is 0. The smallest absolute Gasteiger partial charge is 0.118 e. The second kappa shape index (κ2) is 4.80. The highest BCUT2D eigenvalue weighted by atomic mass is 28.3. The molecule has 1 rings (SSSR count). The van der Waals surface area contributed by atoms with E-state index >= 15 is 0 Å². The van der Waals surface area contributed by atoms with Crippen molar-refractivity contribution in [3.05, 3.63) is 18.2 Å². The molecule has 0 spiro atoms. The van der Waals surface area contributed by atoms with Crippen molar-refractivity contribution in [3.8, 4) is 5.75 Å². The van der Waals surface area contributed by atoms with Gasteiger partial charge in [-0.05, 0) is 12.1 Å². The fraction of sp³-hybridized carbons (Fsp3) is 0.455. The summed E-state index contributed by atoms with van der Waals surface area (Å²) >= 11 is 0. The summed E-state index contributed by atoms with van der Waals surface area (Å²) in [5, 5.41) is 3.13. The first-order valence-electron chi connectivity index (χ1n) is 4.85. The Kier molecular flexibility index (Phi) is 3.95. The van der Waals surface area contributed by atoms with E-state index in [0.717, 1.165) is 5.75 Å². The fourth-order valence-electron chi connectivity index (χ4n) is 1.50. The molecule has 1 nitrogen and oxygen atoms in total. The van der Waals surface area contributed by atoms with Crippen LogP contribution in [0.3, 0.4) is 0 Å². The number of methoxy groups -OCH3 is 1. The molecule has 0 heterocycles. The zero-order valence-electron chi connectivity index (χ0n) is 9.64. The molecule has 0 aromatic heterocycles. The number of rotatable bonds is 3. The van der Waals surface area contributed by atoms with Gasteiger partial charge in [0.15, 0.2) is 0 Å². The summed E-state index contributed by atoms with van der Waals surface area (Å²) in [6.45, 7) is 9.38. The standard InChI is InChI=1S/C11H18OSi2/c1-12-9-6-7-10(13(2)3)11(8-9)14(4)5/h6-8H,1-5H3. The number of hydrogen-bond donors (Lipinski definition) is 0. The maximum atomic E-state index is 5.27. The van der Waals surface area contributed by atoms with Gasteiger partial charge in [0.2, 0.25) is 0 Å². The quantitative estimate of drug-likeness (QED) is 0.706. The van der Waals surface area contributed by atoms with Crippen LogP contribution in [0.15, 0.2) is 18.2 Å². The van der Waals surface area contributed by atoms with Crippen molar-refractivity contribution >= 4 is 28.0 Å². The van der Waals surface area contributed by atoms with Gasteiger partial charge in [-0.15, -0.1) is 0 Å². The molecule has 2 radical (unpaired) electrons. The minimum absolute atomic E-state index is 0.341. The first-order chi connectivity index (χ1) is 6.56. The Labute approximate surface area is 90.3 Å². The molecule has 14 heavy (non-hydrogen) atoms. The fourth-order valence-corrected chi connectivity index (χ4v) is 5.08. The van der Waals surface area contributed by atoms with Crippen LogP contribution in [0.4, 0.5) is 0 Å². The summed E-state index contributed by atoms with van der Waals surface area (Å²) in [5.41, 5.74) is 0. The van der Waals surface area contributed by atoms with E-state index in [1.165, 1.54) is 0 Å². The number of benzene rings is 1. The van der Waals surface area contributed by atoms with Crippen molar-refractivity contribution in [2.45, 2.75) is 26.2 Å². The lowest BCUT2D eigenvalue weighted by atomic mass is 10.3. The zero-order chi connectivity index (χ0) is 10.7. The zero-order valence-corrected chi connectivity index (χ0v) is 11.6. The lowest BCUT2D eigenvalue weighted by Crippen LogP contribution is -2.43. The molecule has 3 heteroatoms. The summed E-state index contributed by atoms with van der Waals surface area (Å²) in [7, 11) is 1.02. The van der Waals surface area contributed by atoms with Gasteiger partial charge in [0.25, 0.3) is 0 Å². The Balaban J connectivity index is 3.17. The second-order valence-corrected chi connectivity index (χ2v) is 8.99. The van der Waals surface area contributed by atoms with E-state index in [1.54, 1.807) is 17.5 Å². The summed E-state index contributed by atoms with van der Waals surface area (Å²) in [5.74, 6) is 0.998. The molecule has 0 fully saturated rings. The predicted molar refractivity (Wildman–Crippen MR) is 67.2 cm³/mol. The maximum absolute atomic E-state index is 5.27. The van der Waals surface area contributed by atoms with Crippen LogP contribution in [0.5, 0.6) is 5.75 Å². The van der Waals surface area contributed by atoms with Crippen LogP contribution in [-0.2, 0) is 0 Å². The van der Waals surface area contributed by atoms with Crippen molar-refractivity contribution in [3.63, 3.8) is 0 Å². The highest BCUT2D eigenvalue weighted by molar-refractivity contribution is 6.82. The molecule has 0 amide bonds. The van der Waals surface area contributed by atoms with Crippen LogP contribution in [0, 0.1) is 0 Å². The molecule has 0 atom stereocenters. The normalized spacial score (nSPS) is 11.1. The molecule has 0 bridgehead atoms. The molecular formula is C11H18OSi2. The van der Waals surface area contributed by atoms with Gasteiger partial charge in [0.05, 0.1) is 24.7 Å². The van der Waals surface area contributed by atoms with E-state index in [2.05, 4.69) is 44.4 Å². The largest absolute Gasteiger partial charge is 0.497 e. The molecule has 1 aromatic carbocycles. The van der Waals surface area contributed by atoms with Gasteiger partial charge in [-0.2, -0.15) is 0 Å². The highest BCUT2D eigenvalue weighted by Crippen LogP contribution is 2.06. The Bertz CT molecular complexity index is 308. The van der Waals surface area contributed by atoms with Crippen LogP contribution < -0.4 is 15.1 Å². The molecule has 0 unspecified atom stereocenters. The maximum Gasteiger partial charge on any atom is 0.118 e. The minimum Gasteiger partial charge on any atom is -0.497 e. The number of hydrogen-bond acceptors (Lipinski definition) is 1. The van der Waals surface area contributed by atoms with Crippen LogP contribution in [-0.4, -0.2) is 24.7 Å². The first-order valence-corrected chi connectivity index (χ1v) is 9.85. The molecule has 1 aromatic rings. The summed E-state index contributed by atoms with van der Waals surface area (Å²) < 4.78 is 5.27. The predicted octanol–water partition coefficient (Wildman–Crippen LogP) is 1.62. The van der Waals surface area contributed by atoms with Gasteiger partial charge in [-0.1, -0.05) is 42.6 Å². The van der Waals surface area contributed by atoms with Gasteiger partial charge in [0.1, 0.15) is 5.75 Å². The van der Waals surface area contributed by atoms with Gasteiger partial charge in [0, 0.05) is 0 Å². The Morgan fingerprint density at radius 1 is 0.929 bits per heavy atom. The van der Waals surface area contributed by atoms with Gasteiger partial charge >= 0.3 is 0 Å². The second-order valence-electron chi connectivity index (χ2n) is 3.91. The van der Waals surface area contributed by atoms with Crippen LogP contribution in [0.2, 0.25) is 26.2 Å². The molecule has 0 aliphatic rings. The van der Waals surface area contributed by atoms with E-state index in [1.807, 2.05) is 0 Å². The molecule has 0 aliphatic carbocycles. The van der Waals surface area contributed by atoms with E-state index in [0.29, 0.717) is 0 Å². The third kappa shape index (κ3) is 2.48. The Morgan fingerprint density at radius 2 is 1.50 bits per heavy atom. The summed E-state index contributed by atoms with van der Waals surface area (Å²) in [6, 6.07) is 6.56. The van der Waals surface area contributed by atoms with Crippen LogP contribution in [0.25, 0.3) is 0 Å². The van der Waals surface area contributed by atoms with Gasteiger partial charge in [-0.25, -0.2) is 0 Å². The first kappa shape index (κ1) is 11.5. The van der Waals surface area contributed by atoms with Crippen molar-refractivity contribution in [2.75, 3.05) is 7.11 Å². The van der Waals surface area contributed by atoms with Crippen LogP contribution >= 0.6 is 0 Å². The van der Waals surface area contributed by atoms with Gasteiger partial charge < -0.3 is 4.74 Å². The topological polar surface area (TPSA) is 9.23 Å². The van der Waals surface area contributed by atoms with Crippen molar-refractivity contribution in [2.24, 2.45) is 0 Å². The Hall–Kier alpha value is -0.546. The molecule has 0 aliphatic heterocycles. The van der Waals surface area contributed by atoms with E-state index in [-0.39, 0.29) is 17.6 Å². The van der Waals surface area contributed by atoms with Gasteiger partial charge in [-0.3, -0.25) is 0 Å². The molecule has 76 valence electrons. The summed E-state index contributed by atoms with van der Waals surface area (Å²) in [4.78, 5) is 0. The lowest BCUT2D eigenvalue weighted by Gasteiger charge is -2.15. The SMILES string of the molecule is COc1ccc([Si](C)C)c([Si](C)C)c1. The number of ether oxygens (including phenoxy) is 1. The monoisotopic (exact) mass is 222 g/mol. The third-order valence-corrected chi connectivity index (χ3v) is 5.56. The molecule has 0 saturated carbocycles. The molecule has 0 saturated heterocycles. The average molecular weight is 222 g/mol. The third-order valence-electron chi connectivity index (χ3n) is 2.30. The Morgan fingerprint density at radius 3 is 1.93 bits per heavy atom. The minimum atomic E-state index is -0.373. The van der Waals surface area contributed by atoms with E-state index < -0.39 is 0 Å². The molecular weight excluding hydrogens is 204 g/mol. The molecule has 0 N–H and O–H groups in total. The average Bonchev–Trinajstić information content (AvgIpc) is 2.16. The van der Waals surface area contributed by atoms with E-state index in [4.69, 9.17) is 4.74 Å². The van der Waals surface area contributed by atoms with Crippen molar-refractivity contribution < 1.29 is 4.74 Å². The highest BCUT2D eigenvalue weighted by Gasteiger charge is 2.12. The van der Waals surface area contributed by atoms with Crippen molar-refractivity contribution in [1.29, 1.82) is 0 Å². The van der Waals surface area contributed by atoms with Crippen molar-refractivity contribution in [1.82, 2.24) is 0 Å².